The summed E-state index contributed by atoms with van der Waals surface area (Å²) < 4.78 is 6.06. The highest BCUT2D eigenvalue weighted by Gasteiger charge is 2.29. The van der Waals surface area contributed by atoms with E-state index in [1.54, 1.807) is 0 Å². The third-order valence-corrected chi connectivity index (χ3v) is 5.01. The van der Waals surface area contributed by atoms with E-state index in [4.69, 9.17) is 4.74 Å². The van der Waals surface area contributed by atoms with Crippen LogP contribution in [0.1, 0.15) is 79.6 Å². The predicted octanol–water partition coefficient (Wildman–Crippen LogP) is 3.89. The molecular weight excluding hydrogens is 262 g/mol. The van der Waals surface area contributed by atoms with Gasteiger partial charge in [-0.1, -0.05) is 34.6 Å². The highest BCUT2D eigenvalue weighted by molar-refractivity contribution is 4.87. The molecular formula is C18H37NO2. The molecule has 0 bridgehead atoms. The molecule has 126 valence electrons. The first kappa shape index (κ1) is 18.9. The molecule has 2 N–H and O–H groups in total. The maximum absolute atomic E-state index is 9.73. The zero-order valence-corrected chi connectivity index (χ0v) is 14.9. The molecule has 1 rings (SSSR count). The van der Waals surface area contributed by atoms with Crippen molar-refractivity contribution >= 4 is 0 Å². The SMILES string of the molecule is CCC(CO)(CCCOC1CCC(C)(C)CC1)NC(C)C. The molecule has 0 radical (unpaired) electrons. The Kier molecular flexibility index (Phi) is 7.66. The molecule has 3 nitrogen and oxygen atoms in total. The van der Waals surface area contributed by atoms with E-state index in [0.717, 1.165) is 25.9 Å². The number of rotatable bonds is 9. The van der Waals surface area contributed by atoms with E-state index in [9.17, 15) is 5.11 Å². The molecule has 0 aromatic carbocycles. The molecule has 1 aliphatic rings. The van der Waals surface area contributed by atoms with Crippen LogP contribution in [0.15, 0.2) is 0 Å². The fraction of sp³-hybridized carbons (Fsp3) is 1.00. The van der Waals surface area contributed by atoms with Crippen molar-refractivity contribution in [1.82, 2.24) is 5.32 Å². The van der Waals surface area contributed by atoms with E-state index < -0.39 is 0 Å². The second-order valence-corrected chi connectivity index (χ2v) is 7.93. The highest BCUT2D eigenvalue weighted by atomic mass is 16.5. The fourth-order valence-electron chi connectivity index (χ4n) is 3.40. The van der Waals surface area contributed by atoms with Gasteiger partial charge in [-0.2, -0.15) is 0 Å². The van der Waals surface area contributed by atoms with Gasteiger partial charge in [0.25, 0.3) is 0 Å². The third kappa shape index (κ3) is 6.66. The standard InChI is InChI=1S/C18H37NO2/c1-6-18(14-20,19-15(2)3)10-7-13-21-16-8-11-17(4,5)12-9-16/h15-16,19-20H,6-14H2,1-5H3. The summed E-state index contributed by atoms with van der Waals surface area (Å²) in [5.74, 6) is 0. The van der Waals surface area contributed by atoms with Crippen LogP contribution >= 0.6 is 0 Å². The Morgan fingerprint density at radius 3 is 2.38 bits per heavy atom. The van der Waals surface area contributed by atoms with Crippen molar-refractivity contribution in [2.75, 3.05) is 13.2 Å². The van der Waals surface area contributed by atoms with Crippen molar-refractivity contribution in [1.29, 1.82) is 0 Å². The Hall–Kier alpha value is -0.120. The highest BCUT2D eigenvalue weighted by Crippen LogP contribution is 2.36. The van der Waals surface area contributed by atoms with Crippen molar-refractivity contribution in [2.24, 2.45) is 5.41 Å². The summed E-state index contributed by atoms with van der Waals surface area (Å²) in [6.45, 7) is 12.2. The summed E-state index contributed by atoms with van der Waals surface area (Å²) in [6, 6.07) is 0.401. The Morgan fingerprint density at radius 1 is 1.29 bits per heavy atom. The van der Waals surface area contributed by atoms with Gasteiger partial charge in [-0.15, -0.1) is 0 Å². The first-order chi connectivity index (χ1) is 9.82. The molecule has 0 aliphatic heterocycles. The molecule has 1 unspecified atom stereocenters. The molecule has 0 aromatic heterocycles. The second kappa shape index (κ2) is 8.50. The normalized spacial score (nSPS) is 22.4. The van der Waals surface area contributed by atoms with Gasteiger partial charge in [0.05, 0.1) is 12.7 Å². The Balaban J connectivity index is 2.25. The second-order valence-electron chi connectivity index (χ2n) is 7.93. The minimum Gasteiger partial charge on any atom is -0.394 e. The van der Waals surface area contributed by atoms with E-state index in [1.165, 1.54) is 25.7 Å². The van der Waals surface area contributed by atoms with Crippen LogP contribution < -0.4 is 5.32 Å². The van der Waals surface area contributed by atoms with Gasteiger partial charge < -0.3 is 15.2 Å². The van der Waals surface area contributed by atoms with E-state index in [1.807, 2.05) is 0 Å². The number of hydrogen-bond acceptors (Lipinski definition) is 3. The van der Waals surface area contributed by atoms with E-state index in [-0.39, 0.29) is 12.1 Å². The lowest BCUT2D eigenvalue weighted by Gasteiger charge is -2.35. The lowest BCUT2D eigenvalue weighted by Crippen LogP contribution is -2.51. The average molecular weight is 299 g/mol. The quantitative estimate of drug-likeness (QED) is 0.635. The number of nitrogens with one attached hydrogen (secondary N) is 1. The summed E-state index contributed by atoms with van der Waals surface area (Å²) in [5.41, 5.74) is 0.376. The topological polar surface area (TPSA) is 41.5 Å². The van der Waals surface area contributed by atoms with Gasteiger partial charge in [-0.3, -0.25) is 0 Å². The van der Waals surface area contributed by atoms with Crippen LogP contribution in [0.25, 0.3) is 0 Å². The largest absolute Gasteiger partial charge is 0.394 e. The summed E-state index contributed by atoms with van der Waals surface area (Å²) in [4.78, 5) is 0. The van der Waals surface area contributed by atoms with Gasteiger partial charge in [0.15, 0.2) is 0 Å². The predicted molar refractivity (Wildman–Crippen MR) is 89.6 cm³/mol. The monoisotopic (exact) mass is 299 g/mol. The molecule has 3 heteroatoms. The number of hydrogen-bond donors (Lipinski definition) is 2. The summed E-state index contributed by atoms with van der Waals surface area (Å²) in [6.07, 6.45) is 8.39. The van der Waals surface area contributed by atoms with Gasteiger partial charge in [-0.05, 0) is 50.4 Å². The molecule has 0 aromatic rings. The van der Waals surface area contributed by atoms with Crippen molar-refractivity contribution in [3.63, 3.8) is 0 Å². The van der Waals surface area contributed by atoms with Gasteiger partial charge in [-0.25, -0.2) is 0 Å². The van der Waals surface area contributed by atoms with Crippen LogP contribution in [-0.4, -0.2) is 36.0 Å². The zero-order chi connectivity index (χ0) is 15.9. The fourth-order valence-corrected chi connectivity index (χ4v) is 3.40. The number of ether oxygens (including phenoxy) is 1. The van der Waals surface area contributed by atoms with Gasteiger partial charge in [0.2, 0.25) is 0 Å². The van der Waals surface area contributed by atoms with Crippen LogP contribution in [0, 0.1) is 5.41 Å². The maximum Gasteiger partial charge on any atom is 0.0613 e. The van der Waals surface area contributed by atoms with Crippen LogP contribution in [-0.2, 0) is 4.74 Å². The maximum atomic E-state index is 9.73. The van der Waals surface area contributed by atoms with Crippen molar-refractivity contribution in [3.05, 3.63) is 0 Å². The number of aliphatic hydroxyl groups is 1. The smallest absolute Gasteiger partial charge is 0.0613 e. The summed E-state index contributed by atoms with van der Waals surface area (Å²) >= 11 is 0. The van der Waals surface area contributed by atoms with Crippen molar-refractivity contribution in [3.8, 4) is 0 Å². The number of aliphatic hydroxyl groups excluding tert-OH is 1. The van der Waals surface area contributed by atoms with Crippen LogP contribution in [0.2, 0.25) is 0 Å². The van der Waals surface area contributed by atoms with Gasteiger partial charge in [0.1, 0.15) is 0 Å². The lowest BCUT2D eigenvalue weighted by atomic mass is 9.76. The Labute approximate surface area is 131 Å². The van der Waals surface area contributed by atoms with Crippen LogP contribution in [0.4, 0.5) is 0 Å². The molecule has 1 atom stereocenters. The first-order valence-corrected chi connectivity index (χ1v) is 8.83. The average Bonchev–Trinajstić information content (AvgIpc) is 2.43. The first-order valence-electron chi connectivity index (χ1n) is 8.83. The molecule has 21 heavy (non-hydrogen) atoms. The Morgan fingerprint density at radius 2 is 1.90 bits per heavy atom. The van der Waals surface area contributed by atoms with Crippen molar-refractivity contribution in [2.45, 2.75) is 97.2 Å². The van der Waals surface area contributed by atoms with Crippen LogP contribution in [0.3, 0.4) is 0 Å². The molecule has 0 amide bonds. The molecule has 0 spiro atoms. The molecule has 1 saturated carbocycles. The van der Waals surface area contributed by atoms with Crippen molar-refractivity contribution < 1.29 is 9.84 Å². The van der Waals surface area contributed by atoms with Crippen LogP contribution in [0.5, 0.6) is 0 Å². The molecule has 0 saturated heterocycles. The molecule has 1 aliphatic carbocycles. The Bertz CT molecular complexity index is 275. The minimum absolute atomic E-state index is 0.133. The van der Waals surface area contributed by atoms with E-state index in [2.05, 4.69) is 39.9 Å². The van der Waals surface area contributed by atoms with E-state index >= 15 is 0 Å². The van der Waals surface area contributed by atoms with Gasteiger partial charge in [0, 0.05) is 18.2 Å². The molecule has 1 fully saturated rings. The lowest BCUT2D eigenvalue weighted by molar-refractivity contribution is -0.00114. The summed E-state index contributed by atoms with van der Waals surface area (Å²) in [5, 5.41) is 13.3. The van der Waals surface area contributed by atoms with Gasteiger partial charge >= 0.3 is 0 Å². The minimum atomic E-state index is -0.133. The zero-order valence-electron chi connectivity index (χ0n) is 14.9. The molecule has 0 heterocycles. The van der Waals surface area contributed by atoms with E-state index in [0.29, 0.717) is 17.6 Å². The summed E-state index contributed by atoms with van der Waals surface area (Å²) in [7, 11) is 0. The third-order valence-electron chi connectivity index (χ3n) is 5.01.